The summed E-state index contributed by atoms with van der Waals surface area (Å²) in [6, 6.07) is 13.8. The van der Waals surface area contributed by atoms with Gasteiger partial charge in [0.05, 0.1) is 0 Å². The Bertz CT molecular complexity index is 599. The highest BCUT2D eigenvalue weighted by molar-refractivity contribution is 5.95. The Kier molecular flexibility index (Phi) is 4.71. The molecule has 104 valence electrons. The van der Waals surface area contributed by atoms with E-state index in [1.807, 2.05) is 13.0 Å². The molecule has 0 heterocycles. The van der Waals surface area contributed by atoms with Gasteiger partial charge in [0.25, 0.3) is 5.91 Å². The van der Waals surface area contributed by atoms with Gasteiger partial charge in [-0.15, -0.1) is 0 Å². The van der Waals surface area contributed by atoms with Gasteiger partial charge in [-0.1, -0.05) is 24.3 Å². The summed E-state index contributed by atoms with van der Waals surface area (Å²) in [6.07, 6.45) is 0. The van der Waals surface area contributed by atoms with Gasteiger partial charge in [0, 0.05) is 29.9 Å². The maximum absolute atomic E-state index is 13.5. The van der Waals surface area contributed by atoms with E-state index >= 15 is 0 Å². The molecule has 0 aliphatic rings. The molecule has 0 unspecified atom stereocenters. The third-order valence-electron chi connectivity index (χ3n) is 2.90. The standard InChI is InChI=1S/C16H17FN2O/c1-2-18-16(20)12-7-5-8-14(10-12)19-11-13-6-3-4-9-15(13)17/h3-10,19H,2,11H2,1H3,(H,18,20). The number of anilines is 1. The highest BCUT2D eigenvalue weighted by Gasteiger charge is 2.05. The lowest BCUT2D eigenvalue weighted by Gasteiger charge is -2.09. The molecule has 0 spiro atoms. The van der Waals surface area contributed by atoms with E-state index in [9.17, 15) is 9.18 Å². The van der Waals surface area contributed by atoms with Crippen LogP contribution >= 0.6 is 0 Å². The first-order chi connectivity index (χ1) is 9.70. The molecule has 0 saturated carbocycles. The molecule has 20 heavy (non-hydrogen) atoms. The van der Waals surface area contributed by atoms with Gasteiger partial charge in [0.1, 0.15) is 5.82 Å². The largest absolute Gasteiger partial charge is 0.381 e. The summed E-state index contributed by atoms with van der Waals surface area (Å²) in [7, 11) is 0. The van der Waals surface area contributed by atoms with Crippen LogP contribution < -0.4 is 10.6 Å². The maximum Gasteiger partial charge on any atom is 0.251 e. The molecule has 0 aromatic heterocycles. The van der Waals surface area contributed by atoms with Crippen LogP contribution in [-0.2, 0) is 6.54 Å². The van der Waals surface area contributed by atoms with Crippen LogP contribution in [0.5, 0.6) is 0 Å². The Labute approximate surface area is 117 Å². The Balaban J connectivity index is 2.05. The zero-order valence-electron chi connectivity index (χ0n) is 11.3. The average molecular weight is 272 g/mol. The highest BCUT2D eigenvalue weighted by atomic mass is 19.1. The van der Waals surface area contributed by atoms with E-state index < -0.39 is 0 Å². The molecular formula is C16H17FN2O. The SMILES string of the molecule is CCNC(=O)c1cccc(NCc2ccccc2F)c1. The van der Waals surface area contributed by atoms with Crippen LogP contribution in [0.1, 0.15) is 22.8 Å². The number of carbonyl (C=O) groups is 1. The molecule has 2 N–H and O–H groups in total. The van der Waals surface area contributed by atoms with Crippen molar-refractivity contribution >= 4 is 11.6 Å². The Morgan fingerprint density at radius 2 is 1.95 bits per heavy atom. The molecule has 4 heteroatoms. The van der Waals surface area contributed by atoms with Crippen molar-refractivity contribution in [2.45, 2.75) is 13.5 Å². The number of nitrogens with one attached hydrogen (secondary N) is 2. The van der Waals surface area contributed by atoms with Crippen LogP contribution in [0.3, 0.4) is 0 Å². The van der Waals surface area contributed by atoms with Crippen molar-refractivity contribution in [1.29, 1.82) is 0 Å². The van der Waals surface area contributed by atoms with Crippen molar-refractivity contribution in [2.24, 2.45) is 0 Å². The molecule has 0 aliphatic carbocycles. The third kappa shape index (κ3) is 3.57. The van der Waals surface area contributed by atoms with Crippen LogP contribution in [0.15, 0.2) is 48.5 Å². The molecule has 2 aromatic rings. The number of carbonyl (C=O) groups excluding carboxylic acids is 1. The molecule has 3 nitrogen and oxygen atoms in total. The fourth-order valence-corrected chi connectivity index (χ4v) is 1.87. The van der Waals surface area contributed by atoms with E-state index in [-0.39, 0.29) is 11.7 Å². The van der Waals surface area contributed by atoms with Gasteiger partial charge in [-0.2, -0.15) is 0 Å². The number of amides is 1. The summed E-state index contributed by atoms with van der Waals surface area (Å²) in [5, 5.41) is 5.86. The number of benzene rings is 2. The van der Waals surface area contributed by atoms with Crippen molar-refractivity contribution in [3.8, 4) is 0 Å². The van der Waals surface area contributed by atoms with Gasteiger partial charge in [-0.25, -0.2) is 4.39 Å². The van der Waals surface area contributed by atoms with Gasteiger partial charge < -0.3 is 10.6 Å². The third-order valence-corrected chi connectivity index (χ3v) is 2.90. The summed E-state index contributed by atoms with van der Waals surface area (Å²) < 4.78 is 13.5. The second-order valence-corrected chi connectivity index (χ2v) is 4.39. The first-order valence-electron chi connectivity index (χ1n) is 6.56. The van der Waals surface area contributed by atoms with E-state index in [0.717, 1.165) is 5.69 Å². The molecule has 0 bridgehead atoms. The van der Waals surface area contributed by atoms with Crippen molar-refractivity contribution < 1.29 is 9.18 Å². The summed E-state index contributed by atoms with van der Waals surface area (Å²) in [5.41, 5.74) is 1.97. The van der Waals surface area contributed by atoms with Gasteiger partial charge in [-0.05, 0) is 31.2 Å². The first-order valence-corrected chi connectivity index (χ1v) is 6.56. The van der Waals surface area contributed by atoms with Crippen LogP contribution in [-0.4, -0.2) is 12.5 Å². The second-order valence-electron chi connectivity index (χ2n) is 4.39. The van der Waals surface area contributed by atoms with Crippen LogP contribution in [0.2, 0.25) is 0 Å². The smallest absolute Gasteiger partial charge is 0.251 e. The van der Waals surface area contributed by atoms with E-state index in [1.54, 1.807) is 36.4 Å². The summed E-state index contributed by atoms with van der Waals surface area (Å²) >= 11 is 0. The summed E-state index contributed by atoms with van der Waals surface area (Å²) in [4.78, 5) is 11.7. The minimum Gasteiger partial charge on any atom is -0.381 e. The lowest BCUT2D eigenvalue weighted by molar-refractivity contribution is 0.0956. The Hall–Kier alpha value is -2.36. The van der Waals surface area contributed by atoms with E-state index in [4.69, 9.17) is 0 Å². The monoisotopic (exact) mass is 272 g/mol. The van der Waals surface area contributed by atoms with Crippen LogP contribution in [0, 0.1) is 5.82 Å². The minimum atomic E-state index is -0.236. The predicted molar refractivity (Wildman–Crippen MR) is 78.2 cm³/mol. The fourth-order valence-electron chi connectivity index (χ4n) is 1.87. The van der Waals surface area contributed by atoms with Gasteiger partial charge in [0.2, 0.25) is 0 Å². The summed E-state index contributed by atoms with van der Waals surface area (Å²) in [5.74, 6) is -0.345. The fraction of sp³-hybridized carbons (Fsp3) is 0.188. The molecule has 2 aromatic carbocycles. The quantitative estimate of drug-likeness (QED) is 0.877. The second kappa shape index (κ2) is 6.70. The molecule has 1 amide bonds. The molecule has 0 saturated heterocycles. The van der Waals surface area contributed by atoms with Crippen LogP contribution in [0.25, 0.3) is 0 Å². The van der Waals surface area contributed by atoms with Crippen molar-refractivity contribution in [1.82, 2.24) is 5.32 Å². The number of hydrogen-bond donors (Lipinski definition) is 2. The summed E-state index contributed by atoms with van der Waals surface area (Å²) in [6.45, 7) is 2.84. The lowest BCUT2D eigenvalue weighted by atomic mass is 10.1. The first kappa shape index (κ1) is 14.1. The van der Waals surface area contributed by atoms with E-state index in [1.165, 1.54) is 6.07 Å². The van der Waals surface area contributed by atoms with E-state index in [0.29, 0.717) is 24.2 Å². The zero-order valence-corrected chi connectivity index (χ0v) is 11.3. The molecule has 0 atom stereocenters. The minimum absolute atomic E-state index is 0.109. The number of halogens is 1. The molecule has 2 rings (SSSR count). The number of rotatable bonds is 5. The average Bonchev–Trinajstić information content (AvgIpc) is 2.47. The molecule has 0 fully saturated rings. The molecule has 0 radical (unpaired) electrons. The Morgan fingerprint density at radius 1 is 1.15 bits per heavy atom. The predicted octanol–water partition coefficient (Wildman–Crippen LogP) is 3.19. The maximum atomic E-state index is 13.5. The topological polar surface area (TPSA) is 41.1 Å². The molecule has 0 aliphatic heterocycles. The normalized spacial score (nSPS) is 10.1. The van der Waals surface area contributed by atoms with Crippen molar-refractivity contribution in [2.75, 3.05) is 11.9 Å². The number of hydrogen-bond acceptors (Lipinski definition) is 2. The van der Waals surface area contributed by atoms with Gasteiger partial charge in [0.15, 0.2) is 0 Å². The Morgan fingerprint density at radius 3 is 2.70 bits per heavy atom. The highest BCUT2D eigenvalue weighted by Crippen LogP contribution is 2.13. The molecular weight excluding hydrogens is 255 g/mol. The van der Waals surface area contributed by atoms with Gasteiger partial charge >= 0.3 is 0 Å². The zero-order chi connectivity index (χ0) is 14.4. The van der Waals surface area contributed by atoms with Crippen LogP contribution in [0.4, 0.5) is 10.1 Å². The lowest BCUT2D eigenvalue weighted by Crippen LogP contribution is -2.22. The van der Waals surface area contributed by atoms with Gasteiger partial charge in [-0.3, -0.25) is 4.79 Å². The van der Waals surface area contributed by atoms with Crippen molar-refractivity contribution in [3.05, 3.63) is 65.5 Å². The van der Waals surface area contributed by atoms with E-state index in [2.05, 4.69) is 10.6 Å². The van der Waals surface area contributed by atoms with Crippen molar-refractivity contribution in [3.63, 3.8) is 0 Å².